The van der Waals surface area contributed by atoms with Gasteiger partial charge in [0.1, 0.15) is 0 Å². The van der Waals surface area contributed by atoms with Gasteiger partial charge in [-0.15, -0.1) is 0 Å². The van der Waals surface area contributed by atoms with Crippen LogP contribution in [0.4, 0.5) is 0 Å². The van der Waals surface area contributed by atoms with E-state index in [0.29, 0.717) is 5.76 Å². The molecule has 0 bridgehead atoms. The molecule has 1 aromatic heterocycles. The summed E-state index contributed by atoms with van der Waals surface area (Å²) in [6.07, 6.45) is 6.03. The summed E-state index contributed by atoms with van der Waals surface area (Å²) in [4.78, 5) is 3.89. The maximum Gasteiger partial charge on any atom is 0.0855 e. The number of allylic oxidation sites excluding steroid dienone is 2. The van der Waals surface area contributed by atoms with Crippen LogP contribution in [-0.2, 0) is 6.42 Å². The third-order valence-corrected chi connectivity index (χ3v) is 1.38. The molecule has 0 spiro atoms. The lowest BCUT2D eigenvalue weighted by Crippen LogP contribution is -1.82. The number of aliphatic hydroxyl groups excluding tert-OH is 1. The van der Waals surface area contributed by atoms with E-state index < -0.39 is 0 Å². The van der Waals surface area contributed by atoms with E-state index >= 15 is 0 Å². The van der Waals surface area contributed by atoms with Crippen LogP contribution in [0.5, 0.6) is 0 Å². The Morgan fingerprint density at radius 2 is 2.18 bits per heavy atom. The second kappa shape index (κ2) is 3.76. The molecule has 0 atom stereocenters. The van der Waals surface area contributed by atoms with Crippen molar-refractivity contribution in [2.45, 2.75) is 13.3 Å². The van der Waals surface area contributed by atoms with Gasteiger partial charge in [-0.3, -0.25) is 4.98 Å². The third-order valence-electron chi connectivity index (χ3n) is 1.38. The Morgan fingerprint density at radius 1 is 1.55 bits per heavy atom. The van der Waals surface area contributed by atoms with Crippen molar-refractivity contribution in [1.29, 1.82) is 0 Å². The van der Waals surface area contributed by atoms with Crippen molar-refractivity contribution in [3.63, 3.8) is 0 Å². The molecular weight excluding hydrogens is 138 g/mol. The molecule has 0 unspecified atom stereocenters. The molecule has 0 aliphatic carbocycles. The first-order chi connectivity index (χ1) is 5.29. The van der Waals surface area contributed by atoms with E-state index in [2.05, 4.69) is 4.98 Å². The number of aliphatic hydroxyl groups is 1. The van der Waals surface area contributed by atoms with Gasteiger partial charge < -0.3 is 5.11 Å². The summed E-state index contributed by atoms with van der Waals surface area (Å²) >= 11 is 0. The van der Waals surface area contributed by atoms with Gasteiger partial charge >= 0.3 is 0 Å². The SMILES string of the molecule is C/C(O)=C/Cc1ccncc1. The van der Waals surface area contributed by atoms with Crippen molar-refractivity contribution in [3.8, 4) is 0 Å². The minimum atomic E-state index is 0.363. The fourth-order valence-corrected chi connectivity index (χ4v) is 0.784. The van der Waals surface area contributed by atoms with Gasteiger partial charge in [-0.1, -0.05) is 0 Å². The van der Waals surface area contributed by atoms with Gasteiger partial charge in [0.25, 0.3) is 0 Å². The van der Waals surface area contributed by atoms with Crippen molar-refractivity contribution < 1.29 is 5.11 Å². The average molecular weight is 149 g/mol. The molecule has 1 aromatic rings. The molecule has 0 fully saturated rings. The van der Waals surface area contributed by atoms with Crippen LogP contribution in [0.1, 0.15) is 12.5 Å². The van der Waals surface area contributed by atoms with E-state index in [1.165, 1.54) is 0 Å². The van der Waals surface area contributed by atoms with E-state index in [-0.39, 0.29) is 0 Å². The van der Waals surface area contributed by atoms with Crippen LogP contribution in [0.2, 0.25) is 0 Å². The average Bonchev–Trinajstić information content (AvgIpc) is 2.03. The summed E-state index contributed by atoms with van der Waals surface area (Å²) < 4.78 is 0. The molecule has 0 aliphatic rings. The molecule has 11 heavy (non-hydrogen) atoms. The Morgan fingerprint density at radius 3 is 2.73 bits per heavy atom. The van der Waals surface area contributed by atoms with Crippen LogP contribution >= 0.6 is 0 Å². The summed E-state index contributed by atoms with van der Waals surface area (Å²) in [5.41, 5.74) is 1.16. The standard InChI is InChI=1S/C9H11NO/c1-8(11)2-3-9-4-6-10-7-5-9/h2,4-7,11H,3H2,1H3/b8-2-. The number of rotatable bonds is 2. The highest BCUT2D eigenvalue weighted by atomic mass is 16.3. The van der Waals surface area contributed by atoms with E-state index in [4.69, 9.17) is 5.11 Å². The molecule has 1 N–H and O–H groups in total. The fourth-order valence-electron chi connectivity index (χ4n) is 0.784. The largest absolute Gasteiger partial charge is 0.513 e. The molecule has 2 nitrogen and oxygen atoms in total. The topological polar surface area (TPSA) is 33.1 Å². The van der Waals surface area contributed by atoms with Crippen molar-refractivity contribution in [2.75, 3.05) is 0 Å². The van der Waals surface area contributed by atoms with Crippen LogP contribution in [0, 0.1) is 0 Å². The molecule has 1 heterocycles. The number of nitrogens with zero attached hydrogens (tertiary/aromatic N) is 1. The molecule has 2 heteroatoms. The normalized spacial score (nSPS) is 11.5. The first kappa shape index (κ1) is 7.79. The first-order valence-corrected chi connectivity index (χ1v) is 3.53. The lowest BCUT2D eigenvalue weighted by atomic mass is 10.2. The predicted octanol–water partition coefficient (Wildman–Crippen LogP) is 2.09. The maximum atomic E-state index is 8.86. The van der Waals surface area contributed by atoms with Gasteiger partial charge in [0.05, 0.1) is 5.76 Å². The number of hydrogen-bond acceptors (Lipinski definition) is 2. The highest BCUT2D eigenvalue weighted by Crippen LogP contribution is 1.99. The maximum absolute atomic E-state index is 8.86. The van der Waals surface area contributed by atoms with Gasteiger partial charge in [-0.05, 0) is 37.1 Å². The minimum Gasteiger partial charge on any atom is -0.513 e. The minimum absolute atomic E-state index is 0.363. The fraction of sp³-hybridized carbons (Fsp3) is 0.222. The van der Waals surface area contributed by atoms with Crippen LogP contribution in [0.15, 0.2) is 36.4 Å². The second-order valence-corrected chi connectivity index (χ2v) is 2.41. The Labute approximate surface area is 66.2 Å². The summed E-state index contributed by atoms with van der Waals surface area (Å²) in [6.45, 7) is 1.67. The van der Waals surface area contributed by atoms with Crippen LogP contribution < -0.4 is 0 Å². The molecule has 58 valence electrons. The molecule has 0 amide bonds. The molecule has 0 radical (unpaired) electrons. The number of hydrogen-bond donors (Lipinski definition) is 1. The molecule has 0 saturated heterocycles. The zero-order valence-electron chi connectivity index (χ0n) is 6.49. The van der Waals surface area contributed by atoms with Crippen LogP contribution in [-0.4, -0.2) is 10.1 Å². The van der Waals surface area contributed by atoms with Crippen LogP contribution in [0.3, 0.4) is 0 Å². The van der Waals surface area contributed by atoms with Gasteiger partial charge in [-0.2, -0.15) is 0 Å². The van der Waals surface area contributed by atoms with Gasteiger partial charge in [0, 0.05) is 12.4 Å². The van der Waals surface area contributed by atoms with E-state index in [1.807, 2.05) is 12.1 Å². The summed E-state index contributed by atoms with van der Waals surface area (Å²) in [6, 6.07) is 3.86. The van der Waals surface area contributed by atoms with E-state index in [9.17, 15) is 0 Å². The number of aromatic nitrogens is 1. The van der Waals surface area contributed by atoms with Crippen molar-refractivity contribution in [1.82, 2.24) is 4.98 Å². The third kappa shape index (κ3) is 2.85. The highest BCUT2D eigenvalue weighted by molar-refractivity contribution is 5.13. The van der Waals surface area contributed by atoms with Gasteiger partial charge in [0.15, 0.2) is 0 Å². The van der Waals surface area contributed by atoms with Gasteiger partial charge in [-0.25, -0.2) is 0 Å². The lowest BCUT2D eigenvalue weighted by molar-refractivity contribution is 0.412. The Balaban J connectivity index is 2.59. The van der Waals surface area contributed by atoms with E-state index in [1.54, 1.807) is 25.4 Å². The quantitative estimate of drug-likeness (QED) is 0.653. The smallest absolute Gasteiger partial charge is 0.0855 e. The highest BCUT2D eigenvalue weighted by Gasteiger charge is 1.87. The second-order valence-electron chi connectivity index (χ2n) is 2.41. The lowest BCUT2D eigenvalue weighted by Gasteiger charge is -1.93. The van der Waals surface area contributed by atoms with Crippen molar-refractivity contribution in [2.24, 2.45) is 0 Å². The van der Waals surface area contributed by atoms with E-state index in [0.717, 1.165) is 12.0 Å². The Bertz CT molecular complexity index is 237. The molecule has 1 rings (SSSR count). The monoisotopic (exact) mass is 149 g/mol. The Kier molecular flexibility index (Phi) is 2.66. The molecule has 0 saturated carbocycles. The molecular formula is C9H11NO. The Hall–Kier alpha value is -1.31. The first-order valence-electron chi connectivity index (χ1n) is 3.53. The zero-order valence-corrected chi connectivity index (χ0v) is 6.49. The summed E-state index contributed by atoms with van der Waals surface area (Å²) in [5, 5.41) is 8.86. The van der Waals surface area contributed by atoms with Crippen LogP contribution in [0.25, 0.3) is 0 Å². The predicted molar refractivity (Wildman–Crippen MR) is 44.3 cm³/mol. The number of pyridine rings is 1. The molecule has 0 aromatic carbocycles. The summed E-state index contributed by atoms with van der Waals surface area (Å²) in [7, 11) is 0. The van der Waals surface area contributed by atoms with Crippen molar-refractivity contribution >= 4 is 0 Å². The van der Waals surface area contributed by atoms with Crippen molar-refractivity contribution in [3.05, 3.63) is 41.9 Å². The summed E-state index contributed by atoms with van der Waals surface area (Å²) in [5.74, 6) is 0.363. The molecule has 0 aliphatic heterocycles. The zero-order chi connectivity index (χ0) is 8.10. The van der Waals surface area contributed by atoms with Gasteiger partial charge in [0.2, 0.25) is 0 Å².